The van der Waals surface area contributed by atoms with Crippen LogP contribution in [0.1, 0.15) is 13.3 Å². The van der Waals surface area contributed by atoms with Gasteiger partial charge in [0.2, 0.25) is 0 Å². The summed E-state index contributed by atoms with van der Waals surface area (Å²) in [6.45, 7) is 2.61. The molecular formula is C9H11Cl2NO. The largest absolute Gasteiger partial charge is 0.490 e. The van der Waals surface area contributed by atoms with E-state index in [0.29, 0.717) is 28.1 Å². The summed E-state index contributed by atoms with van der Waals surface area (Å²) in [6, 6.07) is 3.25. The Balaban J connectivity index is 2.92. The van der Waals surface area contributed by atoms with Crippen molar-refractivity contribution >= 4 is 28.9 Å². The number of ether oxygens (including phenoxy) is 1. The number of halogens is 2. The topological polar surface area (TPSA) is 35.2 Å². The molecule has 0 heterocycles. The molecule has 0 saturated carbocycles. The van der Waals surface area contributed by atoms with Crippen molar-refractivity contribution < 1.29 is 4.74 Å². The Morgan fingerprint density at radius 2 is 1.85 bits per heavy atom. The standard InChI is InChI=1S/C9H11Cl2NO/c1-2-3-13-9-7(10)4-6(12)5-8(9)11/h4-5H,2-3,12H2,1H3. The summed E-state index contributed by atoms with van der Waals surface area (Å²) >= 11 is 11.8. The minimum absolute atomic E-state index is 0.457. The number of hydrogen-bond donors (Lipinski definition) is 1. The lowest BCUT2D eigenvalue weighted by Crippen LogP contribution is -1.97. The first-order chi connectivity index (χ1) is 6.15. The van der Waals surface area contributed by atoms with Crippen molar-refractivity contribution in [1.82, 2.24) is 0 Å². The van der Waals surface area contributed by atoms with Crippen LogP contribution < -0.4 is 10.5 Å². The number of hydrogen-bond acceptors (Lipinski definition) is 2. The number of nitrogen functional groups attached to an aromatic ring is 1. The van der Waals surface area contributed by atoms with Crippen LogP contribution in [0.3, 0.4) is 0 Å². The molecule has 0 unspecified atom stereocenters. The molecule has 72 valence electrons. The monoisotopic (exact) mass is 219 g/mol. The van der Waals surface area contributed by atoms with E-state index in [1.54, 1.807) is 12.1 Å². The summed E-state index contributed by atoms with van der Waals surface area (Å²) in [7, 11) is 0. The highest BCUT2D eigenvalue weighted by Crippen LogP contribution is 2.34. The highest BCUT2D eigenvalue weighted by Gasteiger charge is 2.07. The molecule has 0 aliphatic rings. The minimum Gasteiger partial charge on any atom is -0.490 e. The molecule has 0 saturated heterocycles. The summed E-state index contributed by atoms with van der Waals surface area (Å²) in [5, 5.41) is 0.914. The third-order valence-electron chi connectivity index (χ3n) is 1.47. The van der Waals surface area contributed by atoms with Gasteiger partial charge in [0, 0.05) is 5.69 Å². The molecule has 2 N–H and O–H groups in total. The van der Waals surface area contributed by atoms with Gasteiger partial charge in [-0.25, -0.2) is 0 Å². The zero-order chi connectivity index (χ0) is 9.84. The van der Waals surface area contributed by atoms with Gasteiger partial charge in [-0.05, 0) is 18.6 Å². The van der Waals surface area contributed by atoms with Crippen LogP contribution in [-0.2, 0) is 0 Å². The van der Waals surface area contributed by atoms with Gasteiger partial charge in [0.05, 0.1) is 16.7 Å². The van der Waals surface area contributed by atoms with Crippen LogP contribution >= 0.6 is 23.2 Å². The van der Waals surface area contributed by atoms with Crippen LogP contribution in [0, 0.1) is 0 Å². The molecule has 0 aliphatic heterocycles. The van der Waals surface area contributed by atoms with E-state index in [-0.39, 0.29) is 0 Å². The Morgan fingerprint density at radius 1 is 1.31 bits per heavy atom. The molecule has 0 radical (unpaired) electrons. The lowest BCUT2D eigenvalue weighted by Gasteiger charge is -2.09. The van der Waals surface area contributed by atoms with Gasteiger partial charge in [0.1, 0.15) is 0 Å². The van der Waals surface area contributed by atoms with E-state index in [0.717, 1.165) is 6.42 Å². The lowest BCUT2D eigenvalue weighted by molar-refractivity contribution is 0.318. The van der Waals surface area contributed by atoms with Gasteiger partial charge in [0.15, 0.2) is 5.75 Å². The van der Waals surface area contributed by atoms with Gasteiger partial charge in [-0.1, -0.05) is 30.1 Å². The van der Waals surface area contributed by atoms with Crippen molar-refractivity contribution in [3.8, 4) is 5.75 Å². The average Bonchev–Trinajstić information content (AvgIpc) is 2.02. The zero-order valence-corrected chi connectivity index (χ0v) is 8.82. The van der Waals surface area contributed by atoms with Crippen molar-refractivity contribution in [3.63, 3.8) is 0 Å². The van der Waals surface area contributed by atoms with Gasteiger partial charge in [-0.15, -0.1) is 0 Å². The molecule has 2 nitrogen and oxygen atoms in total. The predicted molar refractivity (Wildman–Crippen MR) is 56.7 cm³/mol. The summed E-state index contributed by atoms with van der Waals surface area (Å²) in [5.74, 6) is 0.513. The molecule has 0 fully saturated rings. The lowest BCUT2D eigenvalue weighted by atomic mass is 10.3. The number of nitrogens with two attached hydrogens (primary N) is 1. The van der Waals surface area contributed by atoms with Crippen LogP contribution in [0.15, 0.2) is 12.1 Å². The van der Waals surface area contributed by atoms with Gasteiger partial charge in [-0.2, -0.15) is 0 Å². The van der Waals surface area contributed by atoms with E-state index in [9.17, 15) is 0 Å². The molecule has 4 heteroatoms. The summed E-state index contributed by atoms with van der Waals surface area (Å²) in [5.41, 5.74) is 6.07. The summed E-state index contributed by atoms with van der Waals surface area (Å²) < 4.78 is 5.35. The SMILES string of the molecule is CCCOc1c(Cl)cc(N)cc1Cl. The van der Waals surface area contributed by atoms with E-state index >= 15 is 0 Å². The second-order valence-corrected chi connectivity index (χ2v) is 3.48. The third kappa shape index (κ3) is 2.68. The van der Waals surface area contributed by atoms with E-state index < -0.39 is 0 Å². The average molecular weight is 220 g/mol. The van der Waals surface area contributed by atoms with Crippen molar-refractivity contribution in [2.75, 3.05) is 12.3 Å². The van der Waals surface area contributed by atoms with Crippen LogP contribution in [0.4, 0.5) is 5.69 Å². The van der Waals surface area contributed by atoms with Crippen molar-refractivity contribution in [2.45, 2.75) is 13.3 Å². The van der Waals surface area contributed by atoms with E-state index in [4.69, 9.17) is 33.7 Å². The highest BCUT2D eigenvalue weighted by atomic mass is 35.5. The zero-order valence-electron chi connectivity index (χ0n) is 7.31. The Hall–Kier alpha value is -0.600. The summed E-state index contributed by atoms with van der Waals surface area (Å²) in [6.07, 6.45) is 0.914. The van der Waals surface area contributed by atoms with E-state index in [2.05, 4.69) is 0 Å². The van der Waals surface area contributed by atoms with Crippen LogP contribution in [0.5, 0.6) is 5.75 Å². The van der Waals surface area contributed by atoms with Crippen LogP contribution in [-0.4, -0.2) is 6.61 Å². The normalized spacial score (nSPS) is 10.1. The maximum atomic E-state index is 5.88. The Bertz CT molecular complexity index is 279. The van der Waals surface area contributed by atoms with Crippen LogP contribution in [0.25, 0.3) is 0 Å². The quantitative estimate of drug-likeness (QED) is 0.792. The molecule has 1 aromatic carbocycles. The van der Waals surface area contributed by atoms with Gasteiger partial charge in [-0.3, -0.25) is 0 Å². The number of benzene rings is 1. The Labute approximate surface area is 87.6 Å². The molecule has 0 aromatic heterocycles. The molecule has 0 amide bonds. The molecular weight excluding hydrogens is 209 g/mol. The molecule has 0 atom stereocenters. The second kappa shape index (κ2) is 4.58. The maximum absolute atomic E-state index is 5.88. The minimum atomic E-state index is 0.457. The first-order valence-electron chi connectivity index (χ1n) is 4.02. The van der Waals surface area contributed by atoms with Crippen molar-refractivity contribution in [2.24, 2.45) is 0 Å². The molecule has 1 rings (SSSR count). The molecule has 0 spiro atoms. The number of anilines is 1. The maximum Gasteiger partial charge on any atom is 0.156 e. The van der Waals surface area contributed by atoms with E-state index in [1.807, 2.05) is 6.92 Å². The molecule has 13 heavy (non-hydrogen) atoms. The third-order valence-corrected chi connectivity index (χ3v) is 2.03. The smallest absolute Gasteiger partial charge is 0.156 e. The van der Waals surface area contributed by atoms with Gasteiger partial charge >= 0.3 is 0 Å². The summed E-state index contributed by atoms with van der Waals surface area (Å²) in [4.78, 5) is 0. The molecule has 0 aliphatic carbocycles. The Kier molecular flexibility index (Phi) is 3.70. The Morgan fingerprint density at radius 3 is 2.31 bits per heavy atom. The van der Waals surface area contributed by atoms with E-state index in [1.165, 1.54) is 0 Å². The molecule has 1 aromatic rings. The van der Waals surface area contributed by atoms with Gasteiger partial charge < -0.3 is 10.5 Å². The second-order valence-electron chi connectivity index (χ2n) is 2.66. The van der Waals surface area contributed by atoms with Gasteiger partial charge in [0.25, 0.3) is 0 Å². The molecule has 0 bridgehead atoms. The predicted octanol–water partition coefficient (Wildman–Crippen LogP) is 3.36. The van der Waals surface area contributed by atoms with Crippen molar-refractivity contribution in [3.05, 3.63) is 22.2 Å². The fourth-order valence-electron chi connectivity index (χ4n) is 0.922. The first-order valence-corrected chi connectivity index (χ1v) is 4.78. The highest BCUT2D eigenvalue weighted by molar-refractivity contribution is 6.37. The number of rotatable bonds is 3. The first kappa shape index (κ1) is 10.5. The van der Waals surface area contributed by atoms with Crippen molar-refractivity contribution in [1.29, 1.82) is 0 Å². The fourth-order valence-corrected chi connectivity index (χ4v) is 1.53. The van der Waals surface area contributed by atoms with Crippen LogP contribution in [0.2, 0.25) is 10.0 Å². The fraction of sp³-hybridized carbons (Fsp3) is 0.333.